The monoisotopic (exact) mass is 370 g/mol. The predicted octanol–water partition coefficient (Wildman–Crippen LogP) is 2.67. The molecule has 1 saturated carbocycles. The number of rotatable bonds is 5. The Bertz CT molecular complexity index is 868. The molecule has 1 aliphatic carbocycles. The molecule has 8 heteroatoms. The van der Waals surface area contributed by atoms with E-state index in [0.717, 1.165) is 22.7 Å². The number of benzene rings is 1. The Labute approximate surface area is 154 Å². The van der Waals surface area contributed by atoms with Gasteiger partial charge in [0.1, 0.15) is 11.0 Å². The molecule has 0 spiro atoms. The summed E-state index contributed by atoms with van der Waals surface area (Å²) in [5.41, 5.74) is 0.672. The lowest BCUT2D eigenvalue weighted by Gasteiger charge is -2.27. The number of nitrogens with zero attached hydrogens (tertiary/aromatic N) is 3. The van der Waals surface area contributed by atoms with E-state index in [1.54, 1.807) is 24.3 Å². The van der Waals surface area contributed by atoms with E-state index in [0.29, 0.717) is 22.2 Å². The highest BCUT2D eigenvalue weighted by molar-refractivity contribution is 7.15. The number of hydrogen-bond donors (Lipinski definition) is 1. The van der Waals surface area contributed by atoms with E-state index in [4.69, 9.17) is 0 Å². The van der Waals surface area contributed by atoms with Gasteiger partial charge in [0, 0.05) is 5.92 Å². The molecule has 2 aromatic rings. The summed E-state index contributed by atoms with van der Waals surface area (Å²) < 4.78 is 0. The van der Waals surface area contributed by atoms with Crippen molar-refractivity contribution in [1.82, 2.24) is 15.1 Å². The summed E-state index contributed by atoms with van der Waals surface area (Å²) in [7, 11) is 0. The minimum absolute atomic E-state index is 0.243. The first kappa shape index (κ1) is 16.8. The molecule has 0 bridgehead atoms. The molecule has 1 aliphatic heterocycles. The van der Waals surface area contributed by atoms with Crippen LogP contribution < -0.4 is 5.32 Å². The molecule has 1 unspecified atom stereocenters. The molecular formula is C18H18N4O3S. The molecule has 3 amide bonds. The maximum atomic E-state index is 12.9. The van der Waals surface area contributed by atoms with Gasteiger partial charge in [0.25, 0.3) is 11.8 Å². The quantitative estimate of drug-likeness (QED) is 0.817. The highest BCUT2D eigenvalue weighted by atomic mass is 32.1. The zero-order valence-electron chi connectivity index (χ0n) is 14.4. The van der Waals surface area contributed by atoms with Crippen LogP contribution in [-0.4, -0.2) is 38.9 Å². The van der Waals surface area contributed by atoms with Crippen LogP contribution in [0.15, 0.2) is 24.3 Å². The zero-order valence-corrected chi connectivity index (χ0v) is 15.2. The van der Waals surface area contributed by atoms with Gasteiger partial charge in [0.2, 0.25) is 11.0 Å². The second-order valence-electron chi connectivity index (χ2n) is 6.92. The lowest BCUT2D eigenvalue weighted by Crippen LogP contribution is -2.50. The first-order valence-corrected chi connectivity index (χ1v) is 9.40. The van der Waals surface area contributed by atoms with Crippen LogP contribution in [-0.2, 0) is 4.79 Å². The van der Waals surface area contributed by atoms with Crippen LogP contribution in [0.5, 0.6) is 0 Å². The Morgan fingerprint density at radius 1 is 1.15 bits per heavy atom. The first-order chi connectivity index (χ1) is 12.5. The highest BCUT2D eigenvalue weighted by Gasteiger charge is 2.44. The van der Waals surface area contributed by atoms with E-state index in [9.17, 15) is 14.4 Å². The molecule has 134 valence electrons. The molecule has 4 rings (SSSR count). The number of fused-ring (bicyclic) bond motifs is 1. The number of carbonyl (C=O) groups is 3. The van der Waals surface area contributed by atoms with E-state index in [1.807, 2.05) is 13.8 Å². The van der Waals surface area contributed by atoms with Crippen molar-refractivity contribution in [2.75, 3.05) is 5.32 Å². The molecule has 0 saturated heterocycles. The Balaban J connectivity index is 1.58. The molecular weight excluding hydrogens is 352 g/mol. The number of anilines is 1. The van der Waals surface area contributed by atoms with Gasteiger partial charge in [-0.15, -0.1) is 10.2 Å². The van der Waals surface area contributed by atoms with E-state index in [1.165, 1.54) is 11.3 Å². The summed E-state index contributed by atoms with van der Waals surface area (Å²) in [6.07, 6.45) is 2.21. The summed E-state index contributed by atoms with van der Waals surface area (Å²) in [5.74, 6) is -1.08. The van der Waals surface area contributed by atoms with Crippen molar-refractivity contribution in [2.45, 2.75) is 38.6 Å². The normalized spacial score (nSPS) is 17.6. The number of carbonyl (C=O) groups excluding carboxylic acids is 3. The largest absolute Gasteiger partial charge is 0.299 e. The van der Waals surface area contributed by atoms with Gasteiger partial charge in [-0.25, -0.2) is 0 Å². The van der Waals surface area contributed by atoms with Crippen molar-refractivity contribution in [2.24, 2.45) is 5.92 Å². The van der Waals surface area contributed by atoms with Gasteiger partial charge in [-0.1, -0.05) is 37.3 Å². The number of nitrogens with one attached hydrogen (secondary N) is 1. The van der Waals surface area contributed by atoms with Gasteiger partial charge in [0.05, 0.1) is 11.1 Å². The van der Waals surface area contributed by atoms with Gasteiger partial charge < -0.3 is 0 Å². The maximum absolute atomic E-state index is 12.9. The van der Waals surface area contributed by atoms with Crippen LogP contribution in [0.1, 0.15) is 58.3 Å². The fourth-order valence-electron chi connectivity index (χ4n) is 3.14. The summed E-state index contributed by atoms with van der Waals surface area (Å²) in [5, 5.41) is 12.2. The second kappa shape index (κ2) is 6.28. The first-order valence-electron chi connectivity index (χ1n) is 8.58. The second-order valence-corrected chi connectivity index (χ2v) is 7.93. The van der Waals surface area contributed by atoms with Gasteiger partial charge in [-0.2, -0.15) is 0 Å². The van der Waals surface area contributed by atoms with Gasteiger partial charge in [-0.05, 0) is 30.9 Å². The van der Waals surface area contributed by atoms with E-state index in [2.05, 4.69) is 15.5 Å². The standard InChI is InChI=1S/C18H18N4O3S/c1-9(2)13(14(23)19-18-21-20-15(26-18)10-7-8-10)22-16(24)11-5-3-4-6-12(11)17(22)25/h3-6,9-10,13H,7-8H2,1-2H3,(H,19,21,23). The average Bonchev–Trinajstić information content (AvgIpc) is 3.32. The van der Waals surface area contributed by atoms with Crippen LogP contribution in [0.2, 0.25) is 0 Å². The third kappa shape index (κ3) is 2.80. The molecule has 1 N–H and O–H groups in total. The number of aromatic nitrogens is 2. The number of amides is 3. The molecule has 7 nitrogen and oxygen atoms in total. The Morgan fingerprint density at radius 2 is 1.77 bits per heavy atom. The lowest BCUT2D eigenvalue weighted by atomic mass is 10.0. The summed E-state index contributed by atoms with van der Waals surface area (Å²) in [6, 6.07) is 5.72. The Hall–Kier alpha value is -2.61. The van der Waals surface area contributed by atoms with Crippen LogP contribution in [0.25, 0.3) is 0 Å². The third-order valence-electron chi connectivity index (χ3n) is 4.60. The van der Waals surface area contributed by atoms with Crippen molar-refractivity contribution in [3.8, 4) is 0 Å². The van der Waals surface area contributed by atoms with Crippen molar-refractivity contribution in [3.63, 3.8) is 0 Å². The minimum atomic E-state index is -0.907. The fourth-order valence-corrected chi connectivity index (χ4v) is 4.05. The Morgan fingerprint density at radius 3 is 2.31 bits per heavy atom. The fraction of sp³-hybridized carbons (Fsp3) is 0.389. The smallest absolute Gasteiger partial charge is 0.262 e. The van der Waals surface area contributed by atoms with Crippen LogP contribution in [0, 0.1) is 5.92 Å². The molecule has 2 heterocycles. The molecule has 1 fully saturated rings. The van der Waals surface area contributed by atoms with Crippen molar-refractivity contribution in [3.05, 3.63) is 40.4 Å². The van der Waals surface area contributed by atoms with Crippen LogP contribution in [0.3, 0.4) is 0 Å². The van der Waals surface area contributed by atoms with Crippen LogP contribution in [0.4, 0.5) is 5.13 Å². The number of hydrogen-bond acceptors (Lipinski definition) is 6. The lowest BCUT2D eigenvalue weighted by molar-refractivity contribution is -0.121. The molecule has 1 aromatic heterocycles. The van der Waals surface area contributed by atoms with Crippen molar-refractivity contribution in [1.29, 1.82) is 0 Å². The van der Waals surface area contributed by atoms with Crippen molar-refractivity contribution < 1.29 is 14.4 Å². The molecule has 2 aliphatic rings. The van der Waals surface area contributed by atoms with E-state index >= 15 is 0 Å². The average molecular weight is 370 g/mol. The van der Waals surface area contributed by atoms with E-state index in [-0.39, 0.29) is 5.92 Å². The molecule has 1 atom stereocenters. The predicted molar refractivity (Wildman–Crippen MR) is 96.1 cm³/mol. The number of imide groups is 1. The highest BCUT2D eigenvalue weighted by Crippen LogP contribution is 2.42. The van der Waals surface area contributed by atoms with Gasteiger partial charge in [-0.3, -0.25) is 24.6 Å². The zero-order chi connectivity index (χ0) is 18.4. The third-order valence-corrected chi connectivity index (χ3v) is 5.60. The molecule has 0 radical (unpaired) electrons. The van der Waals surface area contributed by atoms with Crippen molar-refractivity contribution >= 4 is 34.2 Å². The molecule has 1 aromatic carbocycles. The maximum Gasteiger partial charge on any atom is 0.262 e. The van der Waals surface area contributed by atoms with Gasteiger partial charge in [0.15, 0.2) is 0 Å². The Kier molecular flexibility index (Phi) is 4.07. The van der Waals surface area contributed by atoms with Gasteiger partial charge >= 0.3 is 0 Å². The summed E-state index contributed by atoms with van der Waals surface area (Å²) >= 11 is 1.35. The minimum Gasteiger partial charge on any atom is -0.299 e. The molecule has 26 heavy (non-hydrogen) atoms. The topological polar surface area (TPSA) is 92.3 Å². The summed E-state index contributed by atoms with van der Waals surface area (Å²) in [4.78, 5) is 39.3. The SMILES string of the molecule is CC(C)C(C(=O)Nc1nnc(C2CC2)s1)N1C(=O)c2ccccc2C1=O. The van der Waals surface area contributed by atoms with Crippen LogP contribution >= 0.6 is 11.3 Å². The van der Waals surface area contributed by atoms with E-state index < -0.39 is 23.8 Å². The summed E-state index contributed by atoms with van der Waals surface area (Å²) in [6.45, 7) is 3.62.